The minimum atomic E-state index is -0.527. The molecule has 0 aliphatic rings. The summed E-state index contributed by atoms with van der Waals surface area (Å²) in [4.78, 5) is 17.8. The number of nitrogens with zero attached hydrogens (tertiary/aromatic N) is 2. The first-order valence-electron chi connectivity index (χ1n) is 9.45. The van der Waals surface area contributed by atoms with Crippen molar-refractivity contribution in [3.63, 3.8) is 0 Å². The van der Waals surface area contributed by atoms with Gasteiger partial charge in [0.15, 0.2) is 5.13 Å². The van der Waals surface area contributed by atoms with Crippen LogP contribution >= 0.6 is 22.9 Å². The monoisotopic (exact) mass is 449 g/mol. The number of hydrogen-bond donors (Lipinski definition) is 1. The molecule has 2 aromatic carbocycles. The average Bonchev–Trinajstić information content (AvgIpc) is 3.20. The first-order valence-corrected chi connectivity index (χ1v) is 10.6. The molecule has 0 unspecified atom stereocenters. The highest BCUT2D eigenvalue weighted by molar-refractivity contribution is 7.15. The van der Waals surface area contributed by atoms with Crippen LogP contribution in [0.3, 0.4) is 0 Å². The molecule has 0 aliphatic carbocycles. The Morgan fingerprint density at radius 1 is 1.35 bits per heavy atom. The van der Waals surface area contributed by atoms with Gasteiger partial charge in [0.1, 0.15) is 24.0 Å². The van der Waals surface area contributed by atoms with Gasteiger partial charge in [0.05, 0.1) is 0 Å². The number of nitriles is 1. The van der Waals surface area contributed by atoms with Crippen LogP contribution in [0.1, 0.15) is 21.6 Å². The van der Waals surface area contributed by atoms with E-state index in [2.05, 4.69) is 16.9 Å². The number of benzene rings is 2. The molecule has 1 heterocycles. The molecule has 3 aromatic rings. The molecule has 0 radical (unpaired) electrons. The van der Waals surface area contributed by atoms with Gasteiger partial charge in [-0.05, 0) is 36.3 Å². The number of para-hydroxylation sites is 1. The third-order valence-electron chi connectivity index (χ3n) is 4.33. The molecule has 0 spiro atoms. The number of thiazole rings is 1. The first-order chi connectivity index (χ1) is 15.0. The zero-order chi connectivity index (χ0) is 22.2. The van der Waals surface area contributed by atoms with Crippen LogP contribution in [0, 0.1) is 18.3 Å². The molecule has 0 aliphatic heterocycles. The number of rotatable bonds is 8. The summed E-state index contributed by atoms with van der Waals surface area (Å²) < 4.78 is 5.58. The Bertz CT molecular complexity index is 1180. The zero-order valence-corrected chi connectivity index (χ0v) is 18.5. The molecule has 31 heavy (non-hydrogen) atoms. The minimum Gasteiger partial charge on any atom is -0.489 e. The van der Waals surface area contributed by atoms with E-state index in [1.54, 1.807) is 24.4 Å². The number of hydrogen-bond acceptors (Lipinski definition) is 5. The predicted octanol–water partition coefficient (Wildman–Crippen LogP) is 5.81. The van der Waals surface area contributed by atoms with Gasteiger partial charge < -0.3 is 4.74 Å². The summed E-state index contributed by atoms with van der Waals surface area (Å²) in [5.41, 5.74) is 2.67. The maximum Gasteiger partial charge on any atom is 0.268 e. The Hall–Kier alpha value is -3.40. The Kier molecular flexibility index (Phi) is 7.60. The van der Waals surface area contributed by atoms with Gasteiger partial charge >= 0.3 is 0 Å². The lowest BCUT2D eigenvalue weighted by atomic mass is 10.1. The number of aryl methyl sites for hydroxylation is 1. The van der Waals surface area contributed by atoms with Crippen molar-refractivity contribution in [1.82, 2.24) is 4.98 Å². The number of carbonyl (C=O) groups excluding carboxylic acids is 1. The van der Waals surface area contributed by atoms with Gasteiger partial charge in [-0.15, -0.1) is 11.3 Å². The smallest absolute Gasteiger partial charge is 0.268 e. The van der Waals surface area contributed by atoms with Crippen molar-refractivity contribution in [2.24, 2.45) is 0 Å². The molecule has 0 saturated carbocycles. The molecule has 0 atom stereocenters. The lowest BCUT2D eigenvalue weighted by Crippen LogP contribution is -2.13. The van der Waals surface area contributed by atoms with E-state index in [0.717, 1.165) is 21.0 Å². The van der Waals surface area contributed by atoms with Crippen LogP contribution in [0.25, 0.3) is 6.08 Å². The second-order valence-electron chi connectivity index (χ2n) is 6.65. The van der Waals surface area contributed by atoms with Crippen LogP contribution in [0.4, 0.5) is 5.13 Å². The van der Waals surface area contributed by atoms with Gasteiger partial charge in [0.2, 0.25) is 0 Å². The lowest BCUT2D eigenvalue weighted by Gasteiger charge is -2.07. The van der Waals surface area contributed by atoms with E-state index in [-0.39, 0.29) is 5.57 Å². The van der Waals surface area contributed by atoms with Crippen LogP contribution in [0.5, 0.6) is 5.75 Å². The Labute approximate surface area is 190 Å². The molecular formula is C24H20ClN3O2S. The van der Waals surface area contributed by atoms with Crippen molar-refractivity contribution in [2.45, 2.75) is 13.3 Å². The van der Waals surface area contributed by atoms with Crippen molar-refractivity contribution in [2.75, 3.05) is 11.9 Å². The number of nitrogens with one attached hydrogen (secondary N) is 1. The quantitative estimate of drug-likeness (QED) is 0.267. The Balaban J connectivity index is 1.72. The largest absolute Gasteiger partial charge is 0.489 e. The highest BCUT2D eigenvalue weighted by Crippen LogP contribution is 2.25. The van der Waals surface area contributed by atoms with Crippen LogP contribution in [-0.4, -0.2) is 17.5 Å². The third kappa shape index (κ3) is 6.05. The second-order valence-corrected chi connectivity index (χ2v) is 8.18. The summed E-state index contributed by atoms with van der Waals surface area (Å²) in [7, 11) is 0. The van der Waals surface area contributed by atoms with Crippen molar-refractivity contribution in [3.8, 4) is 11.8 Å². The molecule has 1 N–H and O–H groups in total. The van der Waals surface area contributed by atoms with E-state index in [4.69, 9.17) is 16.3 Å². The molecule has 5 nitrogen and oxygen atoms in total. The molecule has 1 aromatic heterocycles. The summed E-state index contributed by atoms with van der Waals surface area (Å²) in [6, 6.07) is 15.0. The molecule has 0 fully saturated rings. The lowest BCUT2D eigenvalue weighted by molar-refractivity contribution is -0.112. The van der Waals surface area contributed by atoms with Crippen molar-refractivity contribution in [3.05, 3.63) is 93.5 Å². The molecule has 3 rings (SSSR count). The summed E-state index contributed by atoms with van der Waals surface area (Å²) in [6.45, 7) is 5.91. The fourth-order valence-corrected chi connectivity index (χ4v) is 3.79. The molecular weight excluding hydrogens is 430 g/mol. The molecule has 0 bridgehead atoms. The molecule has 0 saturated heterocycles. The molecule has 7 heteroatoms. The number of carbonyl (C=O) groups is 1. The van der Waals surface area contributed by atoms with Gasteiger partial charge in [-0.1, -0.05) is 54.6 Å². The van der Waals surface area contributed by atoms with Crippen LogP contribution in [-0.2, 0) is 11.2 Å². The van der Waals surface area contributed by atoms with Gasteiger partial charge in [-0.2, -0.15) is 5.26 Å². The summed E-state index contributed by atoms with van der Waals surface area (Å²) >= 11 is 7.55. The van der Waals surface area contributed by atoms with E-state index in [1.165, 1.54) is 17.4 Å². The topological polar surface area (TPSA) is 75.0 Å². The van der Waals surface area contributed by atoms with Gasteiger partial charge in [0.25, 0.3) is 5.91 Å². The van der Waals surface area contributed by atoms with Gasteiger partial charge in [-0.25, -0.2) is 4.98 Å². The van der Waals surface area contributed by atoms with Crippen molar-refractivity contribution >= 4 is 40.1 Å². The second kappa shape index (κ2) is 10.6. The van der Waals surface area contributed by atoms with Crippen LogP contribution in [0.2, 0.25) is 5.02 Å². The normalized spacial score (nSPS) is 10.9. The van der Waals surface area contributed by atoms with E-state index < -0.39 is 5.91 Å². The summed E-state index contributed by atoms with van der Waals surface area (Å²) in [5, 5.41) is 13.3. The van der Waals surface area contributed by atoms with Gasteiger partial charge in [0, 0.05) is 28.1 Å². The average molecular weight is 450 g/mol. The maximum absolute atomic E-state index is 12.6. The summed E-state index contributed by atoms with van der Waals surface area (Å²) in [5.74, 6) is 0.0385. The van der Waals surface area contributed by atoms with Gasteiger partial charge in [-0.3, -0.25) is 10.1 Å². The zero-order valence-electron chi connectivity index (χ0n) is 16.9. The van der Waals surface area contributed by atoms with E-state index in [1.807, 2.05) is 43.3 Å². The minimum absolute atomic E-state index is 0.0447. The Morgan fingerprint density at radius 3 is 2.90 bits per heavy atom. The molecule has 1 amide bonds. The third-order valence-corrected chi connectivity index (χ3v) is 5.65. The standard InChI is InChI=1S/C24H20ClN3O2S/c1-3-10-30-22-7-5-4-6-18(22)13-19(14-26)23(29)28-24-27-15-20(31-24)11-17-9-8-16(2)21(25)12-17/h3-9,12-13,15H,1,10-11H2,2H3,(H,27,28,29). The number of halogens is 1. The number of amides is 1. The summed E-state index contributed by atoms with van der Waals surface area (Å²) in [6.07, 6.45) is 5.49. The highest BCUT2D eigenvalue weighted by Gasteiger charge is 2.13. The number of anilines is 1. The fraction of sp³-hybridized carbons (Fsp3) is 0.125. The number of ether oxygens (including phenoxy) is 1. The Morgan fingerprint density at radius 2 is 2.16 bits per heavy atom. The van der Waals surface area contributed by atoms with Crippen LogP contribution < -0.4 is 10.1 Å². The van der Waals surface area contributed by atoms with Crippen molar-refractivity contribution in [1.29, 1.82) is 5.26 Å². The van der Waals surface area contributed by atoms with Crippen molar-refractivity contribution < 1.29 is 9.53 Å². The maximum atomic E-state index is 12.6. The van der Waals surface area contributed by atoms with E-state index in [9.17, 15) is 10.1 Å². The SMILES string of the molecule is C=CCOc1ccccc1C=C(C#N)C(=O)Nc1ncc(Cc2ccc(C)c(Cl)c2)s1. The molecule has 156 valence electrons. The predicted molar refractivity (Wildman–Crippen MR) is 125 cm³/mol. The first kappa shape index (κ1) is 22.3. The van der Waals surface area contributed by atoms with E-state index in [0.29, 0.717) is 29.5 Å². The fourth-order valence-electron chi connectivity index (χ4n) is 2.74. The number of aromatic nitrogens is 1. The highest BCUT2D eigenvalue weighted by atomic mass is 35.5. The van der Waals surface area contributed by atoms with Crippen LogP contribution in [0.15, 0.2) is 66.9 Å². The van der Waals surface area contributed by atoms with E-state index >= 15 is 0 Å².